The van der Waals surface area contributed by atoms with Crippen LogP contribution < -0.4 is 10.6 Å². The number of hydrogen-bond acceptors (Lipinski definition) is 3. The maximum absolute atomic E-state index is 12.5. The van der Waals surface area contributed by atoms with Crippen molar-refractivity contribution in [1.29, 1.82) is 0 Å². The summed E-state index contributed by atoms with van der Waals surface area (Å²) in [6.07, 6.45) is 3.84. The van der Waals surface area contributed by atoms with Crippen molar-refractivity contribution >= 4 is 24.0 Å². The van der Waals surface area contributed by atoms with E-state index in [2.05, 4.69) is 15.7 Å². The number of rotatable bonds is 3. The Labute approximate surface area is 136 Å². The molecule has 22 heavy (non-hydrogen) atoms. The van der Waals surface area contributed by atoms with Crippen LogP contribution in [0.2, 0.25) is 0 Å². The molecule has 1 amide bonds. The van der Waals surface area contributed by atoms with Gasteiger partial charge in [0.15, 0.2) is 0 Å². The molecule has 118 valence electrons. The second kappa shape index (κ2) is 6.94. The van der Waals surface area contributed by atoms with E-state index >= 15 is 0 Å². The Balaban J connectivity index is 0.00000176. The van der Waals surface area contributed by atoms with Gasteiger partial charge in [0.1, 0.15) is 0 Å². The summed E-state index contributed by atoms with van der Waals surface area (Å²) in [5, 5.41) is 10.5. The number of carbonyl (C=O) groups excluding carboxylic acids is 1. The zero-order valence-electron chi connectivity index (χ0n) is 12.7. The summed E-state index contributed by atoms with van der Waals surface area (Å²) in [6.45, 7) is 3.54. The molecule has 0 saturated carbocycles. The molecule has 0 aliphatic carbocycles. The zero-order valence-corrected chi connectivity index (χ0v) is 13.6. The molecule has 2 aromatic rings. The number of benzene rings is 1. The standard InChI is InChI=1S/C16H20N4O.ClH/c1-11-4-3-5-13(6-11)19-16(21)15-9-17-8-14(15)12-7-18-20(2)10-12;/h3-7,10,14-15,17H,8-9H2,1-2H3,(H,19,21);1H/t14-,15+;/m1./s1. The highest BCUT2D eigenvalue weighted by Gasteiger charge is 2.34. The quantitative estimate of drug-likeness (QED) is 0.910. The lowest BCUT2D eigenvalue weighted by molar-refractivity contribution is -0.119. The Morgan fingerprint density at radius 2 is 2.23 bits per heavy atom. The summed E-state index contributed by atoms with van der Waals surface area (Å²) in [5.41, 5.74) is 3.12. The van der Waals surface area contributed by atoms with Crippen LogP contribution in [-0.2, 0) is 11.8 Å². The van der Waals surface area contributed by atoms with E-state index in [4.69, 9.17) is 0 Å². The van der Waals surface area contributed by atoms with Gasteiger partial charge in [-0.2, -0.15) is 5.10 Å². The van der Waals surface area contributed by atoms with E-state index in [0.29, 0.717) is 6.54 Å². The van der Waals surface area contributed by atoms with Crippen molar-refractivity contribution in [3.05, 3.63) is 47.8 Å². The molecule has 2 N–H and O–H groups in total. The van der Waals surface area contributed by atoms with Crippen LogP contribution in [0.5, 0.6) is 0 Å². The highest BCUT2D eigenvalue weighted by molar-refractivity contribution is 5.93. The molecule has 1 saturated heterocycles. The van der Waals surface area contributed by atoms with E-state index in [-0.39, 0.29) is 30.2 Å². The molecular formula is C16H21ClN4O. The summed E-state index contributed by atoms with van der Waals surface area (Å²) in [6, 6.07) is 7.88. The van der Waals surface area contributed by atoms with E-state index in [0.717, 1.165) is 23.4 Å². The van der Waals surface area contributed by atoms with Gasteiger partial charge in [-0.15, -0.1) is 12.4 Å². The minimum Gasteiger partial charge on any atom is -0.326 e. The lowest BCUT2D eigenvalue weighted by Gasteiger charge is -2.17. The van der Waals surface area contributed by atoms with Crippen molar-refractivity contribution < 1.29 is 4.79 Å². The number of halogens is 1. The molecule has 0 bridgehead atoms. The number of nitrogens with zero attached hydrogens (tertiary/aromatic N) is 2. The van der Waals surface area contributed by atoms with Gasteiger partial charge in [0.25, 0.3) is 0 Å². The predicted octanol–water partition coefficient (Wildman–Crippen LogP) is 2.09. The fraction of sp³-hybridized carbons (Fsp3) is 0.375. The molecule has 0 radical (unpaired) electrons. The van der Waals surface area contributed by atoms with Crippen molar-refractivity contribution in [2.24, 2.45) is 13.0 Å². The zero-order chi connectivity index (χ0) is 14.8. The largest absolute Gasteiger partial charge is 0.326 e. The summed E-state index contributed by atoms with van der Waals surface area (Å²) in [4.78, 5) is 12.5. The molecule has 0 unspecified atom stereocenters. The molecule has 1 aliphatic heterocycles. The van der Waals surface area contributed by atoms with Gasteiger partial charge >= 0.3 is 0 Å². The molecule has 1 aliphatic rings. The Morgan fingerprint density at radius 3 is 2.91 bits per heavy atom. The number of anilines is 1. The van der Waals surface area contributed by atoms with Gasteiger partial charge < -0.3 is 10.6 Å². The maximum Gasteiger partial charge on any atom is 0.229 e. The normalized spacial score (nSPS) is 20.5. The molecular weight excluding hydrogens is 300 g/mol. The third kappa shape index (κ3) is 3.48. The monoisotopic (exact) mass is 320 g/mol. The van der Waals surface area contributed by atoms with E-state index in [1.807, 2.05) is 50.6 Å². The van der Waals surface area contributed by atoms with Gasteiger partial charge in [-0.05, 0) is 30.2 Å². The third-order valence-corrected chi connectivity index (χ3v) is 3.99. The smallest absolute Gasteiger partial charge is 0.229 e. The van der Waals surface area contributed by atoms with Crippen molar-refractivity contribution in [1.82, 2.24) is 15.1 Å². The average Bonchev–Trinajstić information content (AvgIpc) is 3.06. The summed E-state index contributed by atoms with van der Waals surface area (Å²) in [7, 11) is 1.90. The van der Waals surface area contributed by atoms with E-state index < -0.39 is 0 Å². The number of nitrogens with one attached hydrogen (secondary N) is 2. The Morgan fingerprint density at radius 1 is 1.41 bits per heavy atom. The van der Waals surface area contributed by atoms with Crippen molar-refractivity contribution in [2.45, 2.75) is 12.8 Å². The summed E-state index contributed by atoms with van der Waals surface area (Å²) < 4.78 is 1.78. The summed E-state index contributed by atoms with van der Waals surface area (Å²) in [5.74, 6) is 0.192. The first-order valence-corrected chi connectivity index (χ1v) is 7.20. The Bertz CT molecular complexity index is 655. The van der Waals surface area contributed by atoms with E-state index in [1.54, 1.807) is 4.68 Å². The molecule has 1 fully saturated rings. The van der Waals surface area contributed by atoms with Crippen LogP contribution in [0.4, 0.5) is 5.69 Å². The fourth-order valence-electron chi connectivity index (χ4n) is 2.89. The Hall–Kier alpha value is -1.85. The van der Waals surface area contributed by atoms with E-state index in [1.165, 1.54) is 0 Å². The first kappa shape index (κ1) is 16.5. The molecule has 6 heteroatoms. The van der Waals surface area contributed by atoms with E-state index in [9.17, 15) is 4.79 Å². The van der Waals surface area contributed by atoms with Gasteiger partial charge in [0.2, 0.25) is 5.91 Å². The maximum atomic E-state index is 12.5. The molecule has 1 aromatic carbocycles. The van der Waals surface area contributed by atoms with Gasteiger partial charge in [0, 0.05) is 37.9 Å². The van der Waals surface area contributed by atoms with Crippen LogP contribution in [-0.4, -0.2) is 28.8 Å². The second-order valence-corrected chi connectivity index (χ2v) is 5.68. The van der Waals surface area contributed by atoms with Gasteiger partial charge in [-0.3, -0.25) is 9.48 Å². The second-order valence-electron chi connectivity index (χ2n) is 5.68. The lowest BCUT2D eigenvalue weighted by atomic mass is 9.90. The van der Waals surface area contributed by atoms with Crippen LogP contribution in [0.1, 0.15) is 17.0 Å². The number of aromatic nitrogens is 2. The number of hydrogen-bond donors (Lipinski definition) is 2. The first-order chi connectivity index (χ1) is 10.1. The van der Waals surface area contributed by atoms with Crippen LogP contribution in [0, 0.1) is 12.8 Å². The highest BCUT2D eigenvalue weighted by atomic mass is 35.5. The predicted molar refractivity (Wildman–Crippen MR) is 89.4 cm³/mol. The molecule has 2 heterocycles. The minimum atomic E-state index is -0.0605. The van der Waals surface area contributed by atoms with Crippen molar-refractivity contribution in [3.8, 4) is 0 Å². The van der Waals surface area contributed by atoms with Gasteiger partial charge in [-0.25, -0.2) is 0 Å². The fourth-order valence-corrected chi connectivity index (χ4v) is 2.89. The lowest BCUT2D eigenvalue weighted by Crippen LogP contribution is -2.28. The molecule has 2 atom stereocenters. The number of amides is 1. The summed E-state index contributed by atoms with van der Waals surface area (Å²) >= 11 is 0. The number of aryl methyl sites for hydroxylation is 2. The van der Waals surface area contributed by atoms with Crippen LogP contribution in [0.3, 0.4) is 0 Å². The minimum absolute atomic E-state index is 0. The van der Waals surface area contributed by atoms with Crippen LogP contribution in [0.25, 0.3) is 0 Å². The third-order valence-electron chi connectivity index (χ3n) is 3.99. The van der Waals surface area contributed by atoms with Crippen LogP contribution >= 0.6 is 12.4 Å². The SMILES string of the molecule is Cc1cccc(NC(=O)[C@H]2CNC[C@@H]2c2cnn(C)c2)c1.Cl. The van der Waals surface area contributed by atoms with Gasteiger partial charge in [-0.1, -0.05) is 12.1 Å². The van der Waals surface area contributed by atoms with Crippen molar-refractivity contribution in [3.63, 3.8) is 0 Å². The average molecular weight is 321 g/mol. The topological polar surface area (TPSA) is 59.0 Å². The number of carbonyl (C=O) groups is 1. The molecule has 0 spiro atoms. The van der Waals surface area contributed by atoms with Gasteiger partial charge in [0.05, 0.1) is 12.1 Å². The van der Waals surface area contributed by atoms with Crippen LogP contribution in [0.15, 0.2) is 36.7 Å². The molecule has 3 rings (SSSR count). The highest BCUT2D eigenvalue weighted by Crippen LogP contribution is 2.28. The Kier molecular flexibility index (Phi) is 5.21. The molecule has 1 aromatic heterocycles. The van der Waals surface area contributed by atoms with Crippen molar-refractivity contribution in [2.75, 3.05) is 18.4 Å². The molecule has 5 nitrogen and oxygen atoms in total. The first-order valence-electron chi connectivity index (χ1n) is 7.20.